The van der Waals surface area contributed by atoms with Crippen LogP contribution in [0.3, 0.4) is 0 Å². The number of nitrogens with zero attached hydrogens (tertiary/aromatic N) is 6. The van der Waals surface area contributed by atoms with Gasteiger partial charge in [0.05, 0.1) is 34.4 Å². The summed E-state index contributed by atoms with van der Waals surface area (Å²) in [6, 6.07) is 4.03. The molecule has 0 spiro atoms. The summed E-state index contributed by atoms with van der Waals surface area (Å²) in [6.45, 7) is 3.60. The first-order valence-electron chi connectivity index (χ1n) is 18.7. The lowest BCUT2D eigenvalue weighted by Crippen LogP contribution is -2.43. The molecule has 8 heterocycles. The number of halogens is 3. The maximum atomic E-state index is 17.6. The summed E-state index contributed by atoms with van der Waals surface area (Å²) in [7, 11) is 0. The zero-order valence-corrected chi connectivity index (χ0v) is 29.1. The summed E-state index contributed by atoms with van der Waals surface area (Å²) in [5.74, 6) is 0.421. The zero-order chi connectivity index (χ0) is 33.6. The molecule has 0 radical (unpaired) electrons. The van der Waals surface area contributed by atoms with Crippen LogP contribution >= 0.6 is 11.6 Å². The van der Waals surface area contributed by atoms with E-state index in [1.54, 1.807) is 0 Å². The second kappa shape index (κ2) is 12.2. The van der Waals surface area contributed by atoms with Gasteiger partial charge >= 0.3 is 0 Å². The zero-order valence-electron chi connectivity index (χ0n) is 28.3. The second-order valence-corrected chi connectivity index (χ2v) is 15.8. The molecule has 1 aliphatic carbocycles. The third kappa shape index (κ3) is 5.08. The summed E-state index contributed by atoms with van der Waals surface area (Å²) in [6.07, 6.45) is 12.3. The number of benzene rings is 1. The van der Waals surface area contributed by atoms with Crippen molar-refractivity contribution >= 4 is 39.1 Å². The van der Waals surface area contributed by atoms with Crippen molar-refractivity contribution < 1.29 is 23.0 Å². The van der Waals surface area contributed by atoms with E-state index in [0.29, 0.717) is 60.5 Å². The molecule has 4 atom stereocenters. The number of aromatic nitrogens is 4. The van der Waals surface area contributed by atoms with E-state index in [4.69, 9.17) is 40.9 Å². The van der Waals surface area contributed by atoms with Gasteiger partial charge in [-0.25, -0.2) is 23.4 Å². The molecular formula is C38H43ClF2N6O3. The predicted octanol–water partition coefficient (Wildman–Crippen LogP) is 8.11. The third-order valence-electron chi connectivity index (χ3n) is 12.2. The van der Waals surface area contributed by atoms with Gasteiger partial charge < -0.3 is 19.1 Å². The van der Waals surface area contributed by atoms with E-state index in [2.05, 4.69) is 9.80 Å². The highest BCUT2D eigenvalue weighted by Crippen LogP contribution is 2.52. The molecule has 1 aromatic carbocycles. The summed E-state index contributed by atoms with van der Waals surface area (Å²) in [5, 5.41) is 6.74. The third-order valence-corrected chi connectivity index (χ3v) is 12.5. The van der Waals surface area contributed by atoms with E-state index < -0.39 is 12.0 Å². The molecule has 0 amide bonds. The van der Waals surface area contributed by atoms with Crippen LogP contribution in [0.5, 0.6) is 11.8 Å². The Kier molecular flexibility index (Phi) is 7.65. The lowest BCUT2D eigenvalue weighted by molar-refractivity contribution is -0.0366. The van der Waals surface area contributed by atoms with Crippen LogP contribution in [0.4, 0.5) is 14.5 Å². The molecule has 6 aliphatic rings. The van der Waals surface area contributed by atoms with E-state index in [1.165, 1.54) is 0 Å². The number of alkyl halides is 1. The Morgan fingerprint density at radius 3 is 2.78 bits per heavy atom. The maximum absolute atomic E-state index is 17.6. The number of fused-ring (bicyclic) bond motifs is 4. The summed E-state index contributed by atoms with van der Waals surface area (Å²) < 4.78 is 53.3. The Morgan fingerprint density at radius 2 is 1.92 bits per heavy atom. The van der Waals surface area contributed by atoms with Gasteiger partial charge in [0.25, 0.3) is 0 Å². The highest BCUT2D eigenvalue weighted by atomic mass is 35.5. The Balaban J connectivity index is 1.16. The second-order valence-electron chi connectivity index (χ2n) is 15.4. The molecule has 5 aliphatic heterocycles. The van der Waals surface area contributed by atoms with Crippen molar-refractivity contribution in [1.82, 2.24) is 24.6 Å². The van der Waals surface area contributed by atoms with Gasteiger partial charge in [-0.1, -0.05) is 24.4 Å². The molecule has 2 unspecified atom stereocenters. The first-order valence-corrected chi connectivity index (χ1v) is 19.1. The first-order chi connectivity index (χ1) is 24.5. The molecule has 1 saturated carbocycles. The molecular weight excluding hydrogens is 662 g/mol. The van der Waals surface area contributed by atoms with Crippen LogP contribution in [0.1, 0.15) is 94.8 Å². The Morgan fingerprint density at radius 1 is 1.02 bits per heavy atom. The van der Waals surface area contributed by atoms with E-state index in [9.17, 15) is 4.39 Å². The van der Waals surface area contributed by atoms with E-state index >= 15 is 4.39 Å². The molecule has 5 fully saturated rings. The minimum absolute atomic E-state index is 0.122. The maximum Gasteiger partial charge on any atom is 0.225 e. The fraction of sp³-hybridized carbons (Fsp3) is 0.605. The largest absolute Gasteiger partial charge is 0.476 e. The molecule has 50 heavy (non-hydrogen) atoms. The molecule has 0 bridgehead atoms. The number of hydrogen-bond donors (Lipinski definition) is 0. The summed E-state index contributed by atoms with van der Waals surface area (Å²) in [4.78, 5) is 14.5. The summed E-state index contributed by atoms with van der Waals surface area (Å²) >= 11 is 7.11. The fourth-order valence-electron chi connectivity index (χ4n) is 9.61. The van der Waals surface area contributed by atoms with Crippen molar-refractivity contribution in [3.05, 3.63) is 34.7 Å². The van der Waals surface area contributed by atoms with Gasteiger partial charge in [-0.3, -0.25) is 4.90 Å². The number of hydrogen-bond acceptors (Lipinski definition) is 8. The van der Waals surface area contributed by atoms with Gasteiger partial charge in [-0.05, 0) is 81.9 Å². The first kappa shape index (κ1) is 31.5. The monoisotopic (exact) mass is 704 g/mol. The number of ether oxygens (including phenoxy) is 3. The van der Waals surface area contributed by atoms with Crippen molar-refractivity contribution in [3.8, 4) is 23.0 Å². The van der Waals surface area contributed by atoms with Crippen molar-refractivity contribution in [2.75, 3.05) is 44.4 Å². The van der Waals surface area contributed by atoms with Crippen molar-refractivity contribution in [1.29, 1.82) is 0 Å². The molecule has 10 rings (SSSR count). The predicted molar refractivity (Wildman–Crippen MR) is 188 cm³/mol. The van der Waals surface area contributed by atoms with Gasteiger partial charge in [0.2, 0.25) is 11.8 Å². The van der Waals surface area contributed by atoms with Gasteiger partial charge in [0.15, 0.2) is 12.0 Å². The standard InChI is InChI=1S/C38H43ClF2N6O3/c39-26-15-27-25(18-42-47(27)30-8-3-5-14-48-30)32(31(26)22-9-10-22)35-34(41)36-33-28(46-13-4-1-2-7-24(46)20-49-37(33)44-35)16-29(43-36)50-21-38-11-6-12-45(38)19-23(40)17-38/h15-16,18,22-24,30H,1-14,17,19-21H2/t23-,24?,30?,38+/m1/s1. The highest BCUT2D eigenvalue weighted by Gasteiger charge is 2.49. The molecule has 3 aromatic heterocycles. The molecule has 4 saturated heterocycles. The average Bonchev–Trinajstić information content (AvgIpc) is 3.76. The molecule has 12 heteroatoms. The van der Waals surface area contributed by atoms with Crippen LogP contribution in [0.15, 0.2) is 18.3 Å². The molecule has 264 valence electrons. The van der Waals surface area contributed by atoms with Crippen LogP contribution in [-0.2, 0) is 4.74 Å². The minimum Gasteiger partial charge on any atom is -0.476 e. The highest BCUT2D eigenvalue weighted by molar-refractivity contribution is 6.33. The topological polar surface area (TPSA) is 77.8 Å². The van der Waals surface area contributed by atoms with Gasteiger partial charge in [-0.15, -0.1) is 0 Å². The van der Waals surface area contributed by atoms with Crippen LogP contribution in [-0.4, -0.2) is 81.9 Å². The Labute approximate surface area is 295 Å². The van der Waals surface area contributed by atoms with E-state index in [1.807, 2.05) is 23.0 Å². The Hall–Kier alpha value is -3.28. The average molecular weight is 705 g/mol. The van der Waals surface area contributed by atoms with Crippen LogP contribution in [0.2, 0.25) is 5.02 Å². The molecule has 9 nitrogen and oxygen atoms in total. The van der Waals surface area contributed by atoms with Crippen LogP contribution < -0.4 is 14.4 Å². The van der Waals surface area contributed by atoms with Crippen molar-refractivity contribution in [2.24, 2.45) is 0 Å². The number of rotatable bonds is 6. The van der Waals surface area contributed by atoms with Crippen molar-refractivity contribution in [2.45, 2.75) is 107 Å². The van der Waals surface area contributed by atoms with Gasteiger partial charge in [-0.2, -0.15) is 5.10 Å². The number of anilines is 1. The number of pyridine rings is 2. The molecule has 4 aromatic rings. The lowest BCUT2D eigenvalue weighted by Gasteiger charge is -2.32. The SMILES string of the molecule is Fc1c(-c2c(C3CC3)c(Cl)cc3c2cnn3C2CCCCO2)nc2c3c(cc(OC[C@@]45CCCN4C[C@H](F)C5)nc13)N1CCCCCC1CO2. The normalized spacial score (nSPS) is 28.4. The van der Waals surface area contributed by atoms with Crippen LogP contribution in [0, 0.1) is 5.82 Å². The van der Waals surface area contributed by atoms with E-state index in [0.717, 1.165) is 106 Å². The van der Waals surface area contributed by atoms with Crippen molar-refractivity contribution in [3.63, 3.8) is 0 Å². The summed E-state index contributed by atoms with van der Waals surface area (Å²) in [5.41, 5.74) is 3.21. The van der Waals surface area contributed by atoms with Crippen LogP contribution in [0.25, 0.3) is 33.1 Å². The smallest absolute Gasteiger partial charge is 0.225 e. The van der Waals surface area contributed by atoms with Gasteiger partial charge in [0.1, 0.15) is 30.6 Å². The van der Waals surface area contributed by atoms with E-state index in [-0.39, 0.29) is 34.9 Å². The molecule has 0 N–H and O–H groups in total. The quantitative estimate of drug-likeness (QED) is 0.199. The Bertz CT molecular complexity index is 1980. The van der Waals surface area contributed by atoms with Gasteiger partial charge in [0, 0.05) is 48.2 Å². The fourth-order valence-corrected chi connectivity index (χ4v) is 9.96. The minimum atomic E-state index is -0.860. The lowest BCUT2D eigenvalue weighted by atomic mass is 9.95.